The molecule has 0 saturated heterocycles. The van der Waals surface area contributed by atoms with Gasteiger partial charge in [0, 0.05) is 12.6 Å². The van der Waals surface area contributed by atoms with E-state index in [-0.39, 0.29) is 0 Å². The summed E-state index contributed by atoms with van der Waals surface area (Å²) in [6.07, 6.45) is 9.24. The van der Waals surface area contributed by atoms with Crippen molar-refractivity contribution >= 4 is 0 Å². The summed E-state index contributed by atoms with van der Waals surface area (Å²) in [5.74, 6) is 0.915. The van der Waals surface area contributed by atoms with Crippen LogP contribution in [-0.2, 0) is 0 Å². The van der Waals surface area contributed by atoms with E-state index in [2.05, 4.69) is 46.0 Å². The largest absolute Gasteiger partial charge is 0.311 e. The number of rotatable bonds is 3. The summed E-state index contributed by atoms with van der Waals surface area (Å²) in [6.45, 7) is 12.6. The molecule has 100 valence electrons. The fourth-order valence-electron chi connectivity index (χ4n) is 2.80. The average Bonchev–Trinajstić information content (AvgIpc) is 2.41. The molecule has 0 heterocycles. The van der Waals surface area contributed by atoms with Crippen molar-refractivity contribution in [2.75, 3.05) is 6.54 Å². The van der Waals surface area contributed by atoms with Crippen LogP contribution in [0.15, 0.2) is 11.6 Å². The lowest BCUT2D eigenvalue weighted by Crippen LogP contribution is -2.29. The van der Waals surface area contributed by atoms with Gasteiger partial charge in [0.2, 0.25) is 0 Å². The minimum Gasteiger partial charge on any atom is -0.311 e. The molecule has 1 heteroatoms. The summed E-state index contributed by atoms with van der Waals surface area (Å²) in [4.78, 5) is 0. The first-order chi connectivity index (χ1) is 7.89. The van der Waals surface area contributed by atoms with Crippen LogP contribution in [0.2, 0.25) is 0 Å². The Morgan fingerprint density at radius 1 is 1.12 bits per heavy atom. The van der Waals surface area contributed by atoms with Gasteiger partial charge in [-0.25, -0.2) is 0 Å². The maximum atomic E-state index is 3.69. The van der Waals surface area contributed by atoms with Gasteiger partial charge in [-0.15, -0.1) is 0 Å². The van der Waals surface area contributed by atoms with Gasteiger partial charge in [-0.05, 0) is 50.9 Å². The first-order valence-corrected chi connectivity index (χ1v) is 7.26. The highest BCUT2D eigenvalue weighted by Gasteiger charge is 2.27. The van der Waals surface area contributed by atoms with Gasteiger partial charge in [-0.1, -0.05) is 38.8 Å². The van der Waals surface area contributed by atoms with Crippen molar-refractivity contribution in [3.8, 4) is 0 Å². The second-order valence-corrected chi connectivity index (χ2v) is 6.96. The van der Waals surface area contributed by atoms with Crippen LogP contribution in [0, 0.1) is 11.3 Å². The van der Waals surface area contributed by atoms with Crippen molar-refractivity contribution < 1.29 is 0 Å². The van der Waals surface area contributed by atoms with Crippen LogP contribution >= 0.6 is 0 Å². The second kappa shape index (κ2) is 6.58. The SMILES string of the molecule is CC(C)=CCNC1CCCC(C(C)(C)C)CC1. The van der Waals surface area contributed by atoms with Gasteiger partial charge in [-0.2, -0.15) is 0 Å². The Labute approximate surface area is 108 Å². The minimum absolute atomic E-state index is 0.495. The van der Waals surface area contributed by atoms with Crippen LogP contribution in [0.3, 0.4) is 0 Å². The lowest BCUT2D eigenvalue weighted by atomic mass is 9.76. The highest BCUT2D eigenvalue weighted by atomic mass is 14.9. The third-order valence-electron chi connectivity index (χ3n) is 4.11. The van der Waals surface area contributed by atoms with Crippen LogP contribution in [0.4, 0.5) is 0 Å². The molecule has 0 amide bonds. The second-order valence-electron chi connectivity index (χ2n) is 6.96. The number of hydrogen-bond donors (Lipinski definition) is 1. The van der Waals surface area contributed by atoms with Gasteiger partial charge in [0.15, 0.2) is 0 Å². The zero-order valence-electron chi connectivity index (χ0n) is 12.5. The smallest absolute Gasteiger partial charge is 0.0139 e. The molecule has 1 N–H and O–H groups in total. The number of hydrogen-bond acceptors (Lipinski definition) is 1. The third-order valence-corrected chi connectivity index (χ3v) is 4.11. The zero-order chi connectivity index (χ0) is 12.9. The number of allylic oxidation sites excluding steroid dienone is 1. The predicted octanol–water partition coefficient (Wildman–Crippen LogP) is 4.54. The first kappa shape index (κ1) is 14.8. The molecule has 1 nitrogen and oxygen atoms in total. The summed E-state index contributed by atoms with van der Waals surface area (Å²) < 4.78 is 0. The molecule has 0 aromatic heterocycles. The van der Waals surface area contributed by atoms with Crippen molar-refractivity contribution in [2.45, 2.75) is 72.8 Å². The van der Waals surface area contributed by atoms with Crippen molar-refractivity contribution in [3.63, 3.8) is 0 Å². The standard InChI is InChI=1S/C16H31N/c1-13(2)11-12-17-15-8-6-7-14(9-10-15)16(3,4)5/h11,14-15,17H,6-10,12H2,1-5H3. The summed E-state index contributed by atoms with van der Waals surface area (Å²) in [7, 11) is 0. The van der Waals surface area contributed by atoms with Gasteiger partial charge < -0.3 is 5.32 Å². The van der Waals surface area contributed by atoms with Crippen LogP contribution in [0.1, 0.15) is 66.7 Å². The van der Waals surface area contributed by atoms with Gasteiger partial charge in [0.05, 0.1) is 0 Å². The molecule has 0 radical (unpaired) electrons. The lowest BCUT2D eigenvalue weighted by Gasteiger charge is -2.29. The van der Waals surface area contributed by atoms with Crippen molar-refractivity contribution in [2.24, 2.45) is 11.3 Å². The maximum absolute atomic E-state index is 3.69. The molecule has 2 atom stereocenters. The highest BCUT2D eigenvalue weighted by molar-refractivity contribution is 4.95. The Kier molecular flexibility index (Phi) is 5.72. The Hall–Kier alpha value is -0.300. The summed E-state index contributed by atoms with van der Waals surface area (Å²) in [5, 5.41) is 3.69. The number of nitrogens with one attached hydrogen (secondary N) is 1. The topological polar surface area (TPSA) is 12.0 Å². The van der Waals surface area contributed by atoms with Crippen LogP contribution in [-0.4, -0.2) is 12.6 Å². The van der Waals surface area contributed by atoms with E-state index in [1.165, 1.54) is 37.7 Å². The predicted molar refractivity (Wildman–Crippen MR) is 77.3 cm³/mol. The normalized spacial score (nSPS) is 26.4. The van der Waals surface area contributed by atoms with Crippen LogP contribution in [0.5, 0.6) is 0 Å². The molecular formula is C16H31N. The van der Waals surface area contributed by atoms with E-state index >= 15 is 0 Å². The average molecular weight is 237 g/mol. The molecule has 0 aromatic rings. The molecule has 0 spiro atoms. The van der Waals surface area contributed by atoms with Gasteiger partial charge in [0.1, 0.15) is 0 Å². The Balaban J connectivity index is 2.35. The highest BCUT2D eigenvalue weighted by Crippen LogP contribution is 2.36. The van der Waals surface area contributed by atoms with E-state index in [1.54, 1.807) is 0 Å². The lowest BCUT2D eigenvalue weighted by molar-refractivity contribution is 0.213. The zero-order valence-corrected chi connectivity index (χ0v) is 12.5. The Bertz CT molecular complexity index is 243. The van der Waals surface area contributed by atoms with Crippen LogP contribution < -0.4 is 5.32 Å². The third kappa shape index (κ3) is 5.72. The van der Waals surface area contributed by atoms with E-state index in [0.29, 0.717) is 5.41 Å². The molecule has 1 aliphatic carbocycles. The van der Waals surface area contributed by atoms with Crippen LogP contribution in [0.25, 0.3) is 0 Å². The first-order valence-electron chi connectivity index (χ1n) is 7.26. The molecule has 0 bridgehead atoms. The maximum Gasteiger partial charge on any atom is 0.0139 e. The molecule has 17 heavy (non-hydrogen) atoms. The molecule has 0 aliphatic heterocycles. The van der Waals surface area contributed by atoms with E-state index in [4.69, 9.17) is 0 Å². The Morgan fingerprint density at radius 2 is 1.82 bits per heavy atom. The van der Waals surface area contributed by atoms with Crippen molar-refractivity contribution in [1.29, 1.82) is 0 Å². The molecule has 1 rings (SSSR count). The monoisotopic (exact) mass is 237 g/mol. The summed E-state index contributed by atoms with van der Waals surface area (Å²) in [6, 6.07) is 0.748. The van der Waals surface area contributed by atoms with E-state index in [0.717, 1.165) is 18.5 Å². The summed E-state index contributed by atoms with van der Waals surface area (Å²) >= 11 is 0. The van der Waals surface area contributed by atoms with Crippen molar-refractivity contribution in [1.82, 2.24) is 5.32 Å². The summed E-state index contributed by atoms with van der Waals surface area (Å²) in [5.41, 5.74) is 1.91. The minimum atomic E-state index is 0.495. The van der Waals surface area contributed by atoms with E-state index in [9.17, 15) is 0 Å². The fourth-order valence-corrected chi connectivity index (χ4v) is 2.80. The van der Waals surface area contributed by atoms with Gasteiger partial charge in [0.25, 0.3) is 0 Å². The molecule has 0 aromatic carbocycles. The molecule has 1 fully saturated rings. The molecule has 2 unspecified atom stereocenters. The fraction of sp³-hybridized carbons (Fsp3) is 0.875. The molecular weight excluding hydrogens is 206 g/mol. The van der Waals surface area contributed by atoms with E-state index in [1.807, 2.05) is 0 Å². The van der Waals surface area contributed by atoms with E-state index < -0.39 is 0 Å². The van der Waals surface area contributed by atoms with Gasteiger partial charge in [-0.3, -0.25) is 0 Å². The molecule has 1 saturated carbocycles. The van der Waals surface area contributed by atoms with Gasteiger partial charge >= 0.3 is 0 Å². The molecule has 1 aliphatic rings. The van der Waals surface area contributed by atoms with Crippen molar-refractivity contribution in [3.05, 3.63) is 11.6 Å². The quantitative estimate of drug-likeness (QED) is 0.561. The Morgan fingerprint density at radius 3 is 2.41 bits per heavy atom.